The molecule has 0 aliphatic heterocycles. The zero-order chi connectivity index (χ0) is 17.1. The summed E-state index contributed by atoms with van der Waals surface area (Å²) in [7, 11) is 1.73. The van der Waals surface area contributed by atoms with Crippen LogP contribution in [0, 0.1) is 0 Å². The van der Waals surface area contributed by atoms with E-state index in [0.717, 1.165) is 12.8 Å². The first kappa shape index (κ1) is 19.3. The first-order chi connectivity index (χ1) is 11.6. The Hall–Kier alpha value is -2.01. The standard InChI is InChI=1S/C19H24N3O2.ClH/c1-3-4-5-6-7-10-13-22-17-16(21(2)20-22)18(23)14-11-8-9-12-15(14)19(17)24;/h8-9,11-12H,3-7,10,13H2,1-2H3;1H/q+1;/p-1. The summed E-state index contributed by atoms with van der Waals surface area (Å²) in [6.45, 7) is 2.88. The molecule has 25 heavy (non-hydrogen) atoms. The van der Waals surface area contributed by atoms with Crippen LogP contribution in [0.15, 0.2) is 24.3 Å². The van der Waals surface area contributed by atoms with Gasteiger partial charge in [-0.25, -0.2) is 0 Å². The Balaban J connectivity index is 0.00000225. The highest BCUT2D eigenvalue weighted by Crippen LogP contribution is 2.25. The molecule has 6 heteroatoms. The lowest BCUT2D eigenvalue weighted by molar-refractivity contribution is -0.733. The maximum absolute atomic E-state index is 12.8. The average Bonchev–Trinajstić information content (AvgIpc) is 2.92. The summed E-state index contributed by atoms with van der Waals surface area (Å²) in [5, 5.41) is 4.40. The van der Waals surface area contributed by atoms with Gasteiger partial charge in [-0.1, -0.05) is 56.9 Å². The fourth-order valence-corrected chi connectivity index (χ4v) is 3.34. The van der Waals surface area contributed by atoms with Gasteiger partial charge < -0.3 is 12.4 Å². The van der Waals surface area contributed by atoms with Gasteiger partial charge in [-0.2, -0.15) is 0 Å². The Morgan fingerprint density at radius 2 is 1.56 bits per heavy atom. The number of aromatic nitrogens is 3. The van der Waals surface area contributed by atoms with E-state index in [2.05, 4.69) is 12.1 Å². The van der Waals surface area contributed by atoms with Crippen LogP contribution in [0.1, 0.15) is 77.6 Å². The SMILES string of the molecule is CCCCCCCCn1n[n+](C)c2c1C(=O)c1ccccc1C2=O.[Cl-]. The number of carbonyl (C=O) groups is 2. The molecule has 0 radical (unpaired) electrons. The summed E-state index contributed by atoms with van der Waals surface area (Å²) < 4.78 is 3.26. The third-order valence-electron chi connectivity index (χ3n) is 4.62. The van der Waals surface area contributed by atoms with E-state index >= 15 is 0 Å². The van der Waals surface area contributed by atoms with Crippen LogP contribution in [0.25, 0.3) is 0 Å². The number of carbonyl (C=O) groups excluding carboxylic acids is 2. The maximum atomic E-state index is 12.8. The van der Waals surface area contributed by atoms with Crippen molar-refractivity contribution in [1.82, 2.24) is 9.90 Å². The van der Waals surface area contributed by atoms with Gasteiger partial charge in [0.05, 0.1) is 5.21 Å². The van der Waals surface area contributed by atoms with E-state index in [-0.39, 0.29) is 24.0 Å². The van der Waals surface area contributed by atoms with Crippen molar-refractivity contribution >= 4 is 11.6 Å². The second kappa shape index (κ2) is 8.39. The zero-order valence-corrected chi connectivity index (χ0v) is 15.6. The van der Waals surface area contributed by atoms with Crippen LogP contribution in [0.5, 0.6) is 0 Å². The molecule has 2 aromatic rings. The van der Waals surface area contributed by atoms with Crippen molar-refractivity contribution in [2.75, 3.05) is 0 Å². The summed E-state index contributed by atoms with van der Waals surface area (Å²) in [6, 6.07) is 7.02. The van der Waals surface area contributed by atoms with Crippen molar-refractivity contribution in [3.8, 4) is 0 Å². The van der Waals surface area contributed by atoms with Gasteiger partial charge in [0.15, 0.2) is 0 Å². The highest BCUT2D eigenvalue weighted by molar-refractivity contribution is 6.26. The Labute approximate surface area is 154 Å². The number of aryl methyl sites for hydroxylation is 2. The first-order valence-corrected chi connectivity index (χ1v) is 8.80. The Morgan fingerprint density at radius 1 is 0.960 bits per heavy atom. The molecule has 5 nitrogen and oxygen atoms in total. The third-order valence-corrected chi connectivity index (χ3v) is 4.62. The summed E-state index contributed by atoms with van der Waals surface area (Å²) in [5.74, 6) is -0.212. The quantitative estimate of drug-likeness (QED) is 0.434. The Morgan fingerprint density at radius 3 is 2.24 bits per heavy atom. The van der Waals surface area contributed by atoms with Gasteiger partial charge >= 0.3 is 0 Å². The third kappa shape index (κ3) is 3.66. The number of benzene rings is 1. The minimum absolute atomic E-state index is 0. The van der Waals surface area contributed by atoms with Crippen molar-refractivity contribution in [2.45, 2.75) is 52.0 Å². The fraction of sp³-hybridized carbons (Fsp3) is 0.474. The van der Waals surface area contributed by atoms with E-state index in [4.69, 9.17) is 0 Å². The number of nitrogens with zero attached hydrogens (tertiary/aromatic N) is 3. The van der Waals surface area contributed by atoms with Crippen LogP contribution >= 0.6 is 0 Å². The highest BCUT2D eigenvalue weighted by Gasteiger charge is 2.41. The van der Waals surface area contributed by atoms with Crippen molar-refractivity contribution in [1.29, 1.82) is 0 Å². The molecular weight excluding hydrogens is 338 g/mol. The van der Waals surface area contributed by atoms with Gasteiger partial charge in [-0.05, 0) is 12.8 Å². The van der Waals surface area contributed by atoms with Gasteiger partial charge in [-0.15, -0.1) is 9.36 Å². The van der Waals surface area contributed by atoms with Gasteiger partial charge in [0.2, 0.25) is 23.0 Å². The Bertz CT molecular complexity index is 783. The molecule has 0 N–H and O–H groups in total. The monoisotopic (exact) mass is 361 g/mol. The van der Waals surface area contributed by atoms with Crippen LogP contribution in [-0.4, -0.2) is 21.5 Å². The molecule has 1 aromatic carbocycles. The van der Waals surface area contributed by atoms with E-state index < -0.39 is 0 Å². The lowest BCUT2D eigenvalue weighted by Crippen LogP contribution is -3.00. The van der Waals surface area contributed by atoms with Gasteiger partial charge in [0.25, 0.3) is 0 Å². The molecule has 134 valence electrons. The number of hydrogen-bond donors (Lipinski definition) is 0. The molecule has 0 atom stereocenters. The largest absolute Gasteiger partial charge is 1.00 e. The lowest BCUT2D eigenvalue weighted by Gasteiger charge is -2.10. The normalized spacial score (nSPS) is 12.6. The van der Waals surface area contributed by atoms with Crippen molar-refractivity contribution in [3.63, 3.8) is 0 Å². The molecule has 0 bridgehead atoms. The molecule has 0 fully saturated rings. The van der Waals surface area contributed by atoms with E-state index in [1.807, 2.05) is 0 Å². The fourth-order valence-electron chi connectivity index (χ4n) is 3.34. The molecule has 3 rings (SSSR count). The van der Waals surface area contributed by atoms with Crippen molar-refractivity contribution in [3.05, 3.63) is 46.8 Å². The summed E-state index contributed by atoms with van der Waals surface area (Å²) in [4.78, 5) is 25.5. The molecule has 1 heterocycles. The summed E-state index contributed by atoms with van der Waals surface area (Å²) in [6.07, 6.45) is 7.07. The van der Waals surface area contributed by atoms with Crippen molar-refractivity contribution < 1.29 is 26.7 Å². The van der Waals surface area contributed by atoms with E-state index in [9.17, 15) is 9.59 Å². The number of fused-ring (bicyclic) bond motifs is 2. The minimum Gasteiger partial charge on any atom is -1.00 e. The molecule has 1 aromatic heterocycles. The van der Waals surface area contributed by atoms with Crippen LogP contribution in [0.4, 0.5) is 0 Å². The van der Waals surface area contributed by atoms with Crippen molar-refractivity contribution in [2.24, 2.45) is 7.05 Å². The van der Waals surface area contributed by atoms with E-state index in [0.29, 0.717) is 29.1 Å². The van der Waals surface area contributed by atoms with Gasteiger partial charge in [0.1, 0.15) is 13.6 Å². The molecule has 0 spiro atoms. The molecule has 0 unspecified atom stereocenters. The number of rotatable bonds is 7. The molecule has 1 aliphatic carbocycles. The van der Waals surface area contributed by atoms with E-state index in [1.54, 1.807) is 40.7 Å². The smallest absolute Gasteiger partial charge is 0.249 e. The maximum Gasteiger partial charge on any atom is 0.249 e. The zero-order valence-electron chi connectivity index (χ0n) is 14.8. The lowest BCUT2D eigenvalue weighted by atomic mass is 9.90. The first-order valence-electron chi connectivity index (χ1n) is 8.80. The minimum atomic E-state index is -0.114. The van der Waals surface area contributed by atoms with Gasteiger partial charge in [-0.3, -0.25) is 9.59 Å². The summed E-state index contributed by atoms with van der Waals surface area (Å²) in [5.41, 5.74) is 1.81. The number of ketones is 2. The van der Waals surface area contributed by atoms with Crippen LogP contribution in [0.3, 0.4) is 0 Å². The van der Waals surface area contributed by atoms with Crippen LogP contribution in [0.2, 0.25) is 0 Å². The molecule has 0 saturated heterocycles. The van der Waals surface area contributed by atoms with Crippen LogP contribution in [-0.2, 0) is 13.6 Å². The second-order valence-corrected chi connectivity index (χ2v) is 6.41. The second-order valence-electron chi connectivity index (χ2n) is 6.41. The molecule has 0 saturated carbocycles. The van der Waals surface area contributed by atoms with Gasteiger partial charge in [0, 0.05) is 11.1 Å². The number of halogens is 1. The average molecular weight is 362 g/mol. The van der Waals surface area contributed by atoms with E-state index in [1.165, 1.54) is 25.7 Å². The molecule has 0 amide bonds. The predicted molar refractivity (Wildman–Crippen MR) is 90.1 cm³/mol. The highest BCUT2D eigenvalue weighted by atomic mass is 35.5. The Kier molecular flexibility index (Phi) is 6.48. The molecular formula is C19H24ClN3O2. The topological polar surface area (TPSA) is 55.8 Å². The summed E-state index contributed by atoms with van der Waals surface area (Å²) >= 11 is 0. The predicted octanol–water partition coefficient (Wildman–Crippen LogP) is -0.152. The molecule has 1 aliphatic rings. The number of hydrogen-bond acceptors (Lipinski definition) is 3. The number of unbranched alkanes of at least 4 members (excludes halogenated alkanes) is 5. The van der Waals surface area contributed by atoms with Crippen LogP contribution < -0.4 is 17.1 Å².